The average molecular weight is 342 g/mol. The largest absolute Gasteiger partial charge is 0.463 e. The first-order valence-electron chi connectivity index (χ1n) is 7.52. The van der Waals surface area contributed by atoms with E-state index in [1.165, 1.54) is 13.8 Å². The Bertz CT molecular complexity index is 533. The lowest BCUT2D eigenvalue weighted by Crippen LogP contribution is -2.59. The van der Waals surface area contributed by atoms with E-state index in [9.17, 15) is 14.4 Å². The Hall–Kier alpha value is -2.32. The molecule has 2 unspecified atom stereocenters. The van der Waals surface area contributed by atoms with Gasteiger partial charge >= 0.3 is 11.9 Å². The molecule has 0 spiro atoms. The Labute approximate surface area is 139 Å². The minimum absolute atomic E-state index is 0.0258. The highest BCUT2D eigenvalue weighted by molar-refractivity contribution is 5.78. The molecule has 5 atom stereocenters. The van der Waals surface area contributed by atoms with Gasteiger partial charge in [0.15, 0.2) is 0 Å². The van der Waals surface area contributed by atoms with Crippen molar-refractivity contribution in [1.82, 2.24) is 5.32 Å². The van der Waals surface area contributed by atoms with E-state index in [-0.39, 0.29) is 25.0 Å². The lowest BCUT2D eigenvalue weighted by molar-refractivity contribution is -0.238. The number of carbonyl (C=O) groups is 3. The van der Waals surface area contributed by atoms with Crippen LogP contribution in [0.3, 0.4) is 0 Å². The van der Waals surface area contributed by atoms with Gasteiger partial charge in [-0.05, 0) is 17.4 Å². The van der Waals surface area contributed by atoms with Gasteiger partial charge in [0.25, 0.3) is 0 Å². The monoisotopic (exact) mass is 342 g/mol. The molecule has 1 fully saturated rings. The number of nitrogens with zero attached hydrogens (tertiary/aromatic N) is 3. The normalized spacial score (nSPS) is 29.1. The van der Waals surface area contributed by atoms with E-state index in [1.807, 2.05) is 13.8 Å². The molecule has 1 heterocycles. The van der Waals surface area contributed by atoms with E-state index in [0.29, 0.717) is 0 Å². The molecule has 0 radical (unpaired) electrons. The predicted octanol–water partition coefficient (Wildman–Crippen LogP) is 0.905. The number of hydrogen-bond acceptors (Lipinski definition) is 7. The fourth-order valence-corrected chi connectivity index (χ4v) is 2.48. The van der Waals surface area contributed by atoms with Crippen molar-refractivity contribution in [2.45, 2.75) is 46.1 Å². The van der Waals surface area contributed by atoms with Gasteiger partial charge in [0.1, 0.15) is 13.2 Å². The van der Waals surface area contributed by atoms with Crippen LogP contribution >= 0.6 is 0 Å². The summed E-state index contributed by atoms with van der Waals surface area (Å²) in [6, 6.07) is -0.612. The van der Waals surface area contributed by atoms with Crippen LogP contribution in [0.5, 0.6) is 0 Å². The van der Waals surface area contributed by atoms with Crippen LogP contribution in [0.4, 0.5) is 0 Å². The van der Waals surface area contributed by atoms with Gasteiger partial charge in [0.05, 0.1) is 12.1 Å². The van der Waals surface area contributed by atoms with Crippen molar-refractivity contribution in [3.05, 3.63) is 10.4 Å². The van der Waals surface area contributed by atoms with Gasteiger partial charge in [-0.3, -0.25) is 14.4 Å². The molecule has 24 heavy (non-hydrogen) atoms. The molecule has 10 heteroatoms. The Morgan fingerprint density at radius 3 is 2.42 bits per heavy atom. The van der Waals surface area contributed by atoms with Crippen LogP contribution in [0, 0.1) is 11.8 Å². The van der Waals surface area contributed by atoms with Crippen molar-refractivity contribution in [2.75, 3.05) is 13.2 Å². The first-order chi connectivity index (χ1) is 11.3. The third-order valence-corrected chi connectivity index (χ3v) is 3.92. The number of esters is 2. The first-order valence-corrected chi connectivity index (χ1v) is 7.52. The van der Waals surface area contributed by atoms with E-state index in [1.54, 1.807) is 0 Å². The highest BCUT2D eigenvalue weighted by Crippen LogP contribution is 2.31. The molecule has 1 aliphatic rings. The molecule has 0 aromatic heterocycles. The van der Waals surface area contributed by atoms with E-state index in [4.69, 9.17) is 19.7 Å². The predicted molar refractivity (Wildman–Crippen MR) is 81.3 cm³/mol. The molecule has 134 valence electrons. The molecule has 0 bridgehead atoms. The number of hydrogen-bond donors (Lipinski definition) is 1. The van der Waals surface area contributed by atoms with Gasteiger partial charge in [0, 0.05) is 18.8 Å². The number of carbonyl (C=O) groups excluding carboxylic acids is 3. The second kappa shape index (κ2) is 9.09. The Morgan fingerprint density at radius 1 is 1.21 bits per heavy atom. The standard InChI is InChI=1S/C14H22N4O6/c1-7-8(2)13(17-12(21)5-16-18-15)14(23-10(4)20)24-11(7)6-22-9(3)19/h7-8,11,13-14H,5-6H2,1-4H3,(H,17,21)/t7-,8?,11?,13-,14+/m0/s1. The summed E-state index contributed by atoms with van der Waals surface area (Å²) in [5.74, 6) is -1.73. The minimum atomic E-state index is -1.02. The molecule has 0 aliphatic carbocycles. The molecule has 1 aliphatic heterocycles. The fourth-order valence-electron chi connectivity index (χ4n) is 2.48. The summed E-state index contributed by atoms with van der Waals surface area (Å²) in [4.78, 5) is 36.6. The zero-order chi connectivity index (χ0) is 18.3. The fraction of sp³-hybridized carbons (Fsp3) is 0.786. The average Bonchev–Trinajstić information content (AvgIpc) is 2.50. The van der Waals surface area contributed by atoms with E-state index >= 15 is 0 Å². The maximum atomic E-state index is 11.8. The zero-order valence-corrected chi connectivity index (χ0v) is 14.1. The van der Waals surface area contributed by atoms with Crippen molar-refractivity contribution < 1.29 is 28.6 Å². The SMILES string of the molecule is CC(=O)OCC1O[C@@H](OC(C)=O)[C@@H](NC(=O)CN=[N+]=[N-])C(C)[C@@H]1C. The van der Waals surface area contributed by atoms with E-state index < -0.39 is 36.3 Å². The van der Waals surface area contributed by atoms with Gasteiger partial charge < -0.3 is 19.5 Å². The van der Waals surface area contributed by atoms with Crippen LogP contribution in [0.1, 0.15) is 27.7 Å². The molecule has 0 aromatic rings. The second-order valence-electron chi connectivity index (χ2n) is 5.66. The van der Waals surface area contributed by atoms with E-state index in [2.05, 4.69) is 15.3 Å². The number of ether oxygens (including phenoxy) is 3. The molecule has 10 nitrogen and oxygen atoms in total. The maximum Gasteiger partial charge on any atom is 0.305 e. The second-order valence-corrected chi connectivity index (χ2v) is 5.66. The minimum Gasteiger partial charge on any atom is -0.463 e. The van der Waals surface area contributed by atoms with Crippen LogP contribution in [0.15, 0.2) is 5.11 Å². The summed E-state index contributed by atoms with van der Waals surface area (Å²) in [5.41, 5.74) is 8.27. The van der Waals surface area contributed by atoms with Crippen molar-refractivity contribution in [3.8, 4) is 0 Å². The molecular formula is C14H22N4O6. The lowest BCUT2D eigenvalue weighted by Gasteiger charge is -2.43. The van der Waals surface area contributed by atoms with Crippen molar-refractivity contribution in [1.29, 1.82) is 0 Å². The zero-order valence-electron chi connectivity index (χ0n) is 14.1. The molecule has 0 saturated carbocycles. The topological polar surface area (TPSA) is 140 Å². The summed E-state index contributed by atoms with van der Waals surface area (Å²) in [6.07, 6.45) is -1.50. The summed E-state index contributed by atoms with van der Waals surface area (Å²) in [7, 11) is 0. The van der Waals surface area contributed by atoms with Gasteiger partial charge in [-0.15, -0.1) is 0 Å². The highest BCUT2D eigenvalue weighted by atomic mass is 16.7. The van der Waals surface area contributed by atoms with Gasteiger partial charge in [0.2, 0.25) is 12.2 Å². The van der Waals surface area contributed by atoms with Crippen LogP contribution in [0.2, 0.25) is 0 Å². The quantitative estimate of drug-likeness (QED) is 0.329. The first kappa shape index (κ1) is 19.7. The van der Waals surface area contributed by atoms with Gasteiger partial charge in [-0.2, -0.15) is 0 Å². The Balaban J connectivity index is 2.87. The molecular weight excluding hydrogens is 320 g/mol. The highest BCUT2D eigenvalue weighted by Gasteiger charge is 2.44. The molecule has 1 rings (SSSR count). The molecule has 1 amide bonds. The Kier molecular flexibility index (Phi) is 7.47. The van der Waals surface area contributed by atoms with Crippen LogP contribution in [0.25, 0.3) is 10.4 Å². The van der Waals surface area contributed by atoms with Crippen molar-refractivity contribution in [3.63, 3.8) is 0 Å². The molecule has 1 N–H and O–H groups in total. The van der Waals surface area contributed by atoms with Crippen LogP contribution in [-0.2, 0) is 28.6 Å². The van der Waals surface area contributed by atoms with Gasteiger partial charge in [-0.1, -0.05) is 19.0 Å². The van der Waals surface area contributed by atoms with E-state index in [0.717, 1.165) is 0 Å². The number of rotatable bonds is 6. The summed E-state index contributed by atoms with van der Waals surface area (Å²) >= 11 is 0. The summed E-state index contributed by atoms with van der Waals surface area (Å²) in [5, 5.41) is 5.85. The Morgan fingerprint density at radius 2 is 1.88 bits per heavy atom. The molecule has 0 aromatic carbocycles. The summed E-state index contributed by atoms with van der Waals surface area (Å²) in [6.45, 7) is 5.93. The maximum absolute atomic E-state index is 11.8. The van der Waals surface area contributed by atoms with Crippen molar-refractivity contribution in [2.24, 2.45) is 17.0 Å². The van der Waals surface area contributed by atoms with Crippen molar-refractivity contribution >= 4 is 17.8 Å². The third-order valence-electron chi connectivity index (χ3n) is 3.92. The lowest BCUT2D eigenvalue weighted by atomic mass is 9.82. The number of azide groups is 1. The van der Waals surface area contributed by atoms with Crippen LogP contribution < -0.4 is 5.32 Å². The number of nitrogens with one attached hydrogen (secondary N) is 1. The smallest absolute Gasteiger partial charge is 0.305 e. The molecule has 1 saturated heterocycles. The number of amides is 1. The van der Waals surface area contributed by atoms with Crippen LogP contribution in [-0.4, -0.2) is 49.4 Å². The third kappa shape index (κ3) is 5.71. The van der Waals surface area contributed by atoms with Gasteiger partial charge in [-0.25, -0.2) is 0 Å². The summed E-state index contributed by atoms with van der Waals surface area (Å²) < 4.78 is 15.8.